The number of carbonyl (C=O) groups is 1. The SMILES string of the molecule is CCCCCCCCCCCC(=O)CCCCCCOCC(COC(c1ccccc1)(c1ccccc1)c1ccccc1)OC. The Kier molecular flexibility index (Phi) is 18.5. The van der Waals surface area contributed by atoms with Gasteiger partial charge in [0.15, 0.2) is 0 Å². The molecular formula is C41H58O4. The summed E-state index contributed by atoms with van der Waals surface area (Å²) >= 11 is 0. The maximum Gasteiger partial charge on any atom is 0.143 e. The molecule has 0 N–H and O–H groups in total. The quantitative estimate of drug-likeness (QED) is 0.0667. The fourth-order valence-corrected chi connectivity index (χ4v) is 6.02. The fourth-order valence-electron chi connectivity index (χ4n) is 6.02. The molecule has 0 saturated carbocycles. The third-order valence-corrected chi connectivity index (χ3v) is 8.72. The number of hydrogen-bond donors (Lipinski definition) is 0. The molecule has 4 nitrogen and oxygen atoms in total. The second-order valence-corrected chi connectivity index (χ2v) is 12.3. The lowest BCUT2D eigenvalue weighted by Gasteiger charge is -2.37. The summed E-state index contributed by atoms with van der Waals surface area (Å²) in [6.07, 6.45) is 17.1. The van der Waals surface area contributed by atoms with Crippen molar-refractivity contribution in [3.63, 3.8) is 0 Å². The number of carbonyl (C=O) groups excluding carboxylic acids is 1. The number of methoxy groups -OCH3 is 1. The Morgan fingerprint density at radius 2 is 1.00 bits per heavy atom. The maximum absolute atomic E-state index is 12.2. The Hall–Kier alpha value is -2.79. The van der Waals surface area contributed by atoms with E-state index < -0.39 is 5.60 Å². The summed E-state index contributed by atoms with van der Waals surface area (Å²) in [6.45, 7) is 3.81. The van der Waals surface area contributed by atoms with Gasteiger partial charge in [0.1, 0.15) is 17.5 Å². The van der Waals surface area contributed by atoms with Crippen molar-refractivity contribution in [1.82, 2.24) is 0 Å². The third kappa shape index (κ3) is 13.2. The van der Waals surface area contributed by atoms with E-state index in [4.69, 9.17) is 14.2 Å². The number of benzene rings is 3. The first-order valence-electron chi connectivity index (χ1n) is 17.6. The molecule has 4 heteroatoms. The minimum absolute atomic E-state index is 0.195. The van der Waals surface area contributed by atoms with Gasteiger partial charge in [0.25, 0.3) is 0 Å². The van der Waals surface area contributed by atoms with E-state index in [9.17, 15) is 4.79 Å². The third-order valence-electron chi connectivity index (χ3n) is 8.72. The Labute approximate surface area is 273 Å². The molecule has 1 atom stereocenters. The van der Waals surface area contributed by atoms with Crippen LogP contribution in [-0.4, -0.2) is 38.8 Å². The average molecular weight is 615 g/mol. The second-order valence-electron chi connectivity index (χ2n) is 12.3. The molecule has 0 bridgehead atoms. The largest absolute Gasteiger partial charge is 0.379 e. The topological polar surface area (TPSA) is 44.8 Å². The Bertz CT molecular complexity index is 1040. The molecule has 0 saturated heterocycles. The number of ether oxygens (including phenoxy) is 3. The molecule has 0 aromatic heterocycles. The number of Topliss-reactive ketones (excluding diaryl/α,β-unsaturated/α-hetero) is 1. The van der Waals surface area contributed by atoms with Gasteiger partial charge in [0.05, 0.1) is 13.2 Å². The smallest absolute Gasteiger partial charge is 0.143 e. The van der Waals surface area contributed by atoms with Crippen LogP contribution in [0.5, 0.6) is 0 Å². The van der Waals surface area contributed by atoms with Crippen LogP contribution in [0, 0.1) is 0 Å². The summed E-state index contributed by atoms with van der Waals surface area (Å²) < 4.78 is 18.7. The van der Waals surface area contributed by atoms with E-state index in [1.165, 1.54) is 51.4 Å². The zero-order chi connectivity index (χ0) is 31.8. The molecule has 3 rings (SSSR count). The molecule has 0 aliphatic rings. The summed E-state index contributed by atoms with van der Waals surface area (Å²) in [6, 6.07) is 31.2. The summed E-state index contributed by atoms with van der Waals surface area (Å²) in [5.41, 5.74) is 2.45. The molecule has 0 radical (unpaired) electrons. The molecule has 0 fully saturated rings. The highest BCUT2D eigenvalue weighted by molar-refractivity contribution is 5.78. The molecule has 3 aromatic rings. The van der Waals surface area contributed by atoms with Crippen LogP contribution in [0.2, 0.25) is 0 Å². The van der Waals surface area contributed by atoms with E-state index in [0.29, 0.717) is 25.6 Å². The van der Waals surface area contributed by atoms with Crippen molar-refractivity contribution in [3.05, 3.63) is 108 Å². The van der Waals surface area contributed by atoms with Crippen molar-refractivity contribution >= 4 is 5.78 Å². The molecular weight excluding hydrogens is 556 g/mol. The minimum atomic E-state index is -0.772. The number of ketones is 1. The maximum atomic E-state index is 12.2. The highest BCUT2D eigenvalue weighted by Crippen LogP contribution is 2.40. The van der Waals surface area contributed by atoms with Crippen molar-refractivity contribution in [3.8, 4) is 0 Å². The van der Waals surface area contributed by atoms with Gasteiger partial charge in [0.2, 0.25) is 0 Å². The van der Waals surface area contributed by atoms with Crippen LogP contribution in [0.25, 0.3) is 0 Å². The van der Waals surface area contributed by atoms with E-state index in [2.05, 4.69) is 79.7 Å². The molecule has 0 heterocycles. The fraction of sp³-hybridized carbons (Fsp3) is 0.537. The second kappa shape index (κ2) is 22.7. The highest BCUT2D eigenvalue weighted by atomic mass is 16.6. The van der Waals surface area contributed by atoms with Crippen molar-refractivity contribution in [1.29, 1.82) is 0 Å². The summed E-state index contributed by atoms with van der Waals surface area (Å²) in [4.78, 5) is 12.2. The molecule has 0 aliphatic heterocycles. The van der Waals surface area contributed by atoms with Gasteiger partial charge in [-0.05, 0) is 36.0 Å². The van der Waals surface area contributed by atoms with Gasteiger partial charge < -0.3 is 14.2 Å². The lowest BCUT2D eigenvalue weighted by atomic mass is 9.80. The number of hydrogen-bond acceptors (Lipinski definition) is 4. The monoisotopic (exact) mass is 614 g/mol. The van der Waals surface area contributed by atoms with Gasteiger partial charge in [-0.2, -0.15) is 0 Å². The molecule has 0 amide bonds. The minimum Gasteiger partial charge on any atom is -0.379 e. The zero-order valence-electron chi connectivity index (χ0n) is 28.1. The molecule has 1 unspecified atom stereocenters. The first-order valence-corrected chi connectivity index (χ1v) is 17.6. The lowest BCUT2D eigenvalue weighted by molar-refractivity contribution is -0.119. The van der Waals surface area contributed by atoms with Crippen LogP contribution < -0.4 is 0 Å². The summed E-state index contributed by atoms with van der Waals surface area (Å²) in [5, 5.41) is 0. The number of unbranched alkanes of at least 4 members (excludes halogenated alkanes) is 11. The van der Waals surface area contributed by atoms with Crippen LogP contribution >= 0.6 is 0 Å². The molecule has 0 spiro atoms. The predicted octanol–water partition coefficient (Wildman–Crippen LogP) is 10.5. The van der Waals surface area contributed by atoms with Crippen LogP contribution in [0.1, 0.15) is 120 Å². The van der Waals surface area contributed by atoms with Gasteiger partial charge in [-0.3, -0.25) is 4.79 Å². The van der Waals surface area contributed by atoms with Crippen molar-refractivity contribution in [2.24, 2.45) is 0 Å². The van der Waals surface area contributed by atoms with E-state index in [1.54, 1.807) is 7.11 Å². The highest BCUT2D eigenvalue weighted by Gasteiger charge is 2.38. The van der Waals surface area contributed by atoms with Gasteiger partial charge in [-0.15, -0.1) is 0 Å². The van der Waals surface area contributed by atoms with E-state index in [1.807, 2.05) is 18.2 Å². The molecule has 0 aliphatic carbocycles. The van der Waals surface area contributed by atoms with E-state index >= 15 is 0 Å². The van der Waals surface area contributed by atoms with Gasteiger partial charge in [-0.25, -0.2) is 0 Å². The average Bonchev–Trinajstić information content (AvgIpc) is 3.09. The Balaban J connectivity index is 1.36. The van der Waals surface area contributed by atoms with Crippen molar-refractivity contribution in [2.45, 2.75) is 115 Å². The van der Waals surface area contributed by atoms with Crippen LogP contribution in [-0.2, 0) is 24.6 Å². The Morgan fingerprint density at radius 3 is 1.44 bits per heavy atom. The molecule has 3 aromatic carbocycles. The van der Waals surface area contributed by atoms with Gasteiger partial charge in [0, 0.05) is 26.6 Å². The number of rotatable bonds is 26. The Morgan fingerprint density at radius 1 is 0.578 bits per heavy atom. The normalized spacial score (nSPS) is 12.3. The predicted molar refractivity (Wildman–Crippen MR) is 187 cm³/mol. The van der Waals surface area contributed by atoms with Crippen LogP contribution in [0.3, 0.4) is 0 Å². The summed E-state index contributed by atoms with van der Waals surface area (Å²) in [5.74, 6) is 0.440. The molecule has 246 valence electrons. The first-order chi connectivity index (χ1) is 22.2. The van der Waals surface area contributed by atoms with E-state index in [0.717, 1.165) is 61.6 Å². The lowest BCUT2D eigenvalue weighted by Crippen LogP contribution is -2.37. The van der Waals surface area contributed by atoms with Crippen LogP contribution in [0.4, 0.5) is 0 Å². The van der Waals surface area contributed by atoms with Crippen molar-refractivity contribution in [2.75, 3.05) is 26.9 Å². The van der Waals surface area contributed by atoms with Crippen molar-refractivity contribution < 1.29 is 19.0 Å². The molecule has 45 heavy (non-hydrogen) atoms. The zero-order valence-corrected chi connectivity index (χ0v) is 28.1. The van der Waals surface area contributed by atoms with Crippen LogP contribution in [0.15, 0.2) is 91.0 Å². The van der Waals surface area contributed by atoms with Gasteiger partial charge >= 0.3 is 0 Å². The standard InChI is InChI=1S/C41H58O4/c1-3-4-5-6-7-8-9-10-22-31-39(42)32-23-11-12-24-33-44-34-40(43-2)35-45-41(36-25-16-13-17-26-36,37-27-18-14-19-28-37)38-29-20-15-21-30-38/h13-21,25-30,40H,3-12,22-24,31-35H2,1-2H3. The summed E-state index contributed by atoms with van der Waals surface area (Å²) in [7, 11) is 1.72. The first kappa shape index (κ1) is 36.7. The van der Waals surface area contributed by atoms with E-state index in [-0.39, 0.29) is 6.10 Å². The van der Waals surface area contributed by atoms with Gasteiger partial charge in [-0.1, -0.05) is 162 Å².